The maximum absolute atomic E-state index is 12.4. The third kappa shape index (κ3) is 4.91. The Kier molecular flexibility index (Phi) is 6.18. The van der Waals surface area contributed by atoms with Crippen LogP contribution in [0.1, 0.15) is 31.7 Å². The van der Waals surface area contributed by atoms with Gasteiger partial charge in [-0.05, 0) is 55.1 Å². The van der Waals surface area contributed by atoms with E-state index in [1.807, 2.05) is 18.2 Å². The first kappa shape index (κ1) is 20.2. The molecular weight excluding hydrogens is 378 g/mol. The van der Waals surface area contributed by atoms with Gasteiger partial charge < -0.3 is 5.32 Å². The van der Waals surface area contributed by atoms with Crippen LogP contribution < -0.4 is 10.9 Å². The monoisotopic (exact) mass is 405 g/mol. The molecule has 2 aromatic carbocycles. The molecule has 1 amide bonds. The summed E-state index contributed by atoms with van der Waals surface area (Å²) in [6, 6.07) is 15.1. The van der Waals surface area contributed by atoms with Crippen LogP contribution in [0.5, 0.6) is 0 Å². The molecule has 7 heteroatoms. The fraction of sp³-hybridized carbons (Fsp3) is 0.391. The number of piperidine rings is 1. The minimum Gasteiger partial charge on any atom is -0.326 e. The highest BCUT2D eigenvalue weighted by molar-refractivity contribution is 5.90. The van der Waals surface area contributed by atoms with Gasteiger partial charge in [0.1, 0.15) is 5.52 Å². The van der Waals surface area contributed by atoms with Crippen LogP contribution in [0.4, 0.5) is 5.69 Å². The minimum absolute atomic E-state index is 0.153. The highest BCUT2D eigenvalue weighted by Crippen LogP contribution is 2.19. The van der Waals surface area contributed by atoms with E-state index in [2.05, 4.69) is 39.6 Å². The predicted molar refractivity (Wildman–Crippen MR) is 117 cm³/mol. The molecule has 1 aromatic heterocycles. The number of hydrogen-bond acceptors (Lipinski definition) is 5. The van der Waals surface area contributed by atoms with Gasteiger partial charge in [-0.25, -0.2) is 4.68 Å². The molecule has 30 heavy (non-hydrogen) atoms. The molecule has 0 saturated carbocycles. The number of rotatable bonds is 6. The molecule has 1 aliphatic rings. The van der Waals surface area contributed by atoms with Crippen LogP contribution in [0.2, 0.25) is 0 Å². The summed E-state index contributed by atoms with van der Waals surface area (Å²) in [5, 5.41) is 11.4. The number of carbonyl (C=O) groups is 1. The number of nitrogens with one attached hydrogen (secondary N) is 1. The number of likely N-dealkylation sites (tertiary alicyclic amines) is 1. The van der Waals surface area contributed by atoms with Crippen molar-refractivity contribution in [1.29, 1.82) is 0 Å². The molecule has 156 valence electrons. The van der Waals surface area contributed by atoms with Crippen LogP contribution in [0.25, 0.3) is 10.9 Å². The highest BCUT2D eigenvalue weighted by Gasteiger charge is 2.16. The third-order valence-corrected chi connectivity index (χ3v) is 5.56. The number of benzene rings is 2. The molecule has 0 spiro atoms. The van der Waals surface area contributed by atoms with Gasteiger partial charge in [-0.15, -0.1) is 5.10 Å². The van der Waals surface area contributed by atoms with Gasteiger partial charge in [0.2, 0.25) is 5.91 Å². The first-order valence-electron chi connectivity index (χ1n) is 10.5. The number of amides is 1. The van der Waals surface area contributed by atoms with E-state index >= 15 is 0 Å². The Morgan fingerprint density at radius 3 is 2.77 bits per heavy atom. The van der Waals surface area contributed by atoms with E-state index in [0.29, 0.717) is 10.9 Å². The molecule has 1 saturated heterocycles. The number of fused-ring (bicyclic) bond motifs is 1. The smallest absolute Gasteiger partial charge is 0.277 e. The SMILES string of the molecule is CC1CCCN(Cc2ccc(NC(=O)CCn3nnc4ccccc4c3=O)cc2)C1. The maximum atomic E-state index is 12.4. The van der Waals surface area contributed by atoms with E-state index in [9.17, 15) is 9.59 Å². The van der Waals surface area contributed by atoms with E-state index in [1.165, 1.54) is 23.1 Å². The number of hydrogen-bond donors (Lipinski definition) is 1. The van der Waals surface area contributed by atoms with Crippen molar-refractivity contribution in [3.63, 3.8) is 0 Å². The van der Waals surface area contributed by atoms with Crippen molar-refractivity contribution >= 4 is 22.5 Å². The van der Waals surface area contributed by atoms with Gasteiger partial charge in [0.05, 0.1) is 11.9 Å². The lowest BCUT2D eigenvalue weighted by molar-refractivity contribution is -0.116. The van der Waals surface area contributed by atoms with Crippen LogP contribution in [-0.4, -0.2) is 38.9 Å². The molecule has 1 atom stereocenters. The van der Waals surface area contributed by atoms with Crippen molar-refractivity contribution in [1.82, 2.24) is 19.9 Å². The molecule has 3 aromatic rings. The Bertz CT molecular complexity index is 1080. The minimum atomic E-state index is -0.232. The lowest BCUT2D eigenvalue weighted by Gasteiger charge is -2.30. The van der Waals surface area contributed by atoms with Gasteiger partial charge in [-0.3, -0.25) is 14.5 Å². The number of anilines is 1. The van der Waals surface area contributed by atoms with Gasteiger partial charge in [0.15, 0.2) is 0 Å². The zero-order valence-electron chi connectivity index (χ0n) is 17.3. The van der Waals surface area contributed by atoms with E-state index in [0.717, 1.165) is 31.2 Å². The summed E-state index contributed by atoms with van der Waals surface area (Å²) in [6.07, 6.45) is 2.73. The average molecular weight is 406 g/mol. The zero-order chi connectivity index (χ0) is 20.9. The summed E-state index contributed by atoms with van der Waals surface area (Å²) in [7, 11) is 0. The molecular formula is C23H27N5O2. The van der Waals surface area contributed by atoms with Crippen molar-refractivity contribution in [3.05, 3.63) is 64.4 Å². The molecule has 1 aliphatic heterocycles. The summed E-state index contributed by atoms with van der Waals surface area (Å²) in [5.41, 5.74) is 2.33. The Morgan fingerprint density at radius 1 is 1.17 bits per heavy atom. The van der Waals surface area contributed by atoms with Crippen molar-refractivity contribution in [2.45, 2.75) is 39.3 Å². The van der Waals surface area contributed by atoms with Crippen LogP contribution in [0, 0.1) is 5.92 Å². The van der Waals surface area contributed by atoms with Gasteiger partial charge in [0.25, 0.3) is 5.56 Å². The molecule has 0 radical (unpaired) electrons. The first-order valence-corrected chi connectivity index (χ1v) is 10.5. The molecule has 0 bridgehead atoms. The van der Waals surface area contributed by atoms with Gasteiger partial charge >= 0.3 is 0 Å². The number of nitrogens with zero attached hydrogens (tertiary/aromatic N) is 4. The van der Waals surface area contributed by atoms with Crippen molar-refractivity contribution in [2.75, 3.05) is 18.4 Å². The summed E-state index contributed by atoms with van der Waals surface area (Å²) in [4.78, 5) is 27.3. The average Bonchev–Trinajstić information content (AvgIpc) is 2.75. The lowest BCUT2D eigenvalue weighted by atomic mass is 10.00. The van der Waals surface area contributed by atoms with Gasteiger partial charge in [0, 0.05) is 25.2 Å². The summed E-state index contributed by atoms with van der Waals surface area (Å²) >= 11 is 0. The van der Waals surface area contributed by atoms with Crippen LogP contribution in [0.15, 0.2) is 53.3 Å². The second kappa shape index (κ2) is 9.17. The number of aryl methyl sites for hydroxylation is 1. The molecule has 7 nitrogen and oxygen atoms in total. The van der Waals surface area contributed by atoms with E-state index in [1.54, 1.807) is 18.2 Å². The Balaban J connectivity index is 1.31. The Labute approximate surface area is 175 Å². The molecule has 1 N–H and O–H groups in total. The first-order chi connectivity index (χ1) is 14.6. The molecule has 1 unspecified atom stereocenters. The fourth-order valence-corrected chi connectivity index (χ4v) is 3.98. The lowest BCUT2D eigenvalue weighted by Crippen LogP contribution is -2.33. The second-order valence-corrected chi connectivity index (χ2v) is 8.11. The summed E-state index contributed by atoms with van der Waals surface area (Å²) in [6.45, 7) is 5.74. The van der Waals surface area contributed by atoms with E-state index in [-0.39, 0.29) is 24.4 Å². The summed E-state index contributed by atoms with van der Waals surface area (Å²) in [5.74, 6) is 0.603. The number of carbonyl (C=O) groups excluding carboxylic acids is 1. The molecule has 2 heterocycles. The fourth-order valence-electron chi connectivity index (χ4n) is 3.98. The largest absolute Gasteiger partial charge is 0.326 e. The topological polar surface area (TPSA) is 80.1 Å². The maximum Gasteiger partial charge on any atom is 0.277 e. The van der Waals surface area contributed by atoms with Crippen LogP contribution in [-0.2, 0) is 17.9 Å². The quantitative estimate of drug-likeness (QED) is 0.682. The molecule has 4 rings (SSSR count). The third-order valence-electron chi connectivity index (χ3n) is 5.56. The van der Waals surface area contributed by atoms with E-state index < -0.39 is 0 Å². The van der Waals surface area contributed by atoms with Crippen LogP contribution >= 0.6 is 0 Å². The normalized spacial score (nSPS) is 17.2. The van der Waals surface area contributed by atoms with Gasteiger partial charge in [-0.1, -0.05) is 36.4 Å². The summed E-state index contributed by atoms with van der Waals surface area (Å²) < 4.78 is 1.24. The van der Waals surface area contributed by atoms with E-state index in [4.69, 9.17) is 0 Å². The Morgan fingerprint density at radius 2 is 1.97 bits per heavy atom. The predicted octanol–water partition coefficient (Wildman–Crippen LogP) is 3.05. The highest BCUT2D eigenvalue weighted by atomic mass is 16.2. The van der Waals surface area contributed by atoms with Crippen molar-refractivity contribution < 1.29 is 4.79 Å². The van der Waals surface area contributed by atoms with Crippen LogP contribution in [0.3, 0.4) is 0 Å². The Hall–Kier alpha value is -3.06. The molecule has 1 fully saturated rings. The zero-order valence-corrected chi connectivity index (χ0v) is 17.3. The van der Waals surface area contributed by atoms with Gasteiger partial charge in [-0.2, -0.15) is 0 Å². The molecule has 0 aliphatic carbocycles. The number of aromatic nitrogens is 3. The van der Waals surface area contributed by atoms with Crippen molar-refractivity contribution in [2.24, 2.45) is 5.92 Å². The second-order valence-electron chi connectivity index (χ2n) is 8.11. The standard InChI is InChI=1S/C23H27N5O2/c1-17-5-4-13-27(15-17)16-18-8-10-19(11-9-18)24-22(29)12-14-28-23(30)20-6-2-3-7-21(20)25-26-28/h2-3,6-11,17H,4-5,12-16H2,1H3,(H,24,29). The van der Waals surface area contributed by atoms with Crippen molar-refractivity contribution in [3.8, 4) is 0 Å².